The Hall–Kier alpha value is -0.570. The summed E-state index contributed by atoms with van der Waals surface area (Å²) in [5, 5.41) is 3.56. The smallest absolute Gasteiger partial charge is 0.305 e. The second kappa shape index (κ2) is 4.12. The number of esters is 1. The number of carbonyl (C=O) groups excluding carboxylic acids is 1. The molecule has 0 radical (unpaired) electrons. The highest BCUT2D eigenvalue weighted by atomic mass is 16.5. The van der Waals surface area contributed by atoms with Crippen molar-refractivity contribution in [2.75, 3.05) is 0 Å². The van der Waals surface area contributed by atoms with Crippen molar-refractivity contribution >= 4 is 5.97 Å². The molecule has 0 aromatic rings. The highest BCUT2D eigenvalue weighted by molar-refractivity contribution is 5.69. The van der Waals surface area contributed by atoms with Crippen LogP contribution in [-0.4, -0.2) is 23.2 Å². The minimum Gasteiger partial charge on any atom is -0.462 e. The molecule has 0 amide bonds. The molecule has 1 fully saturated rings. The summed E-state index contributed by atoms with van der Waals surface area (Å²) in [5.74, 6) is -0.0894. The van der Waals surface area contributed by atoms with E-state index in [1.54, 1.807) is 0 Å². The van der Waals surface area contributed by atoms with Crippen LogP contribution in [0.4, 0.5) is 0 Å². The number of piperidine rings is 1. The predicted molar refractivity (Wildman–Crippen MR) is 60.7 cm³/mol. The average molecular weight is 213 g/mol. The van der Waals surface area contributed by atoms with Crippen LogP contribution in [-0.2, 0) is 9.53 Å². The molecule has 3 nitrogen and oxygen atoms in total. The van der Waals surface area contributed by atoms with Gasteiger partial charge in [-0.05, 0) is 27.7 Å². The number of hydrogen-bond acceptors (Lipinski definition) is 3. The molecular formula is C12H23NO2. The van der Waals surface area contributed by atoms with Gasteiger partial charge in [0, 0.05) is 30.3 Å². The first-order valence-electron chi connectivity index (χ1n) is 5.73. The molecule has 0 spiro atoms. The van der Waals surface area contributed by atoms with Gasteiger partial charge in [-0.2, -0.15) is 0 Å². The SMILES string of the molecule is CCC(=O)OC1CC(C)(C)NC(C)(C)C1. The molecule has 1 aliphatic heterocycles. The number of carbonyl (C=O) groups is 1. The molecular weight excluding hydrogens is 190 g/mol. The first-order valence-corrected chi connectivity index (χ1v) is 5.73. The summed E-state index contributed by atoms with van der Waals surface area (Å²) in [5.41, 5.74) is 0.0842. The highest BCUT2D eigenvalue weighted by Gasteiger charge is 2.39. The molecule has 1 heterocycles. The standard InChI is InChI=1S/C12H23NO2/c1-6-10(14)15-9-7-11(2,3)13-12(4,5)8-9/h9,13H,6-8H2,1-5H3. The van der Waals surface area contributed by atoms with Gasteiger partial charge < -0.3 is 10.1 Å². The molecule has 0 bridgehead atoms. The van der Waals surface area contributed by atoms with Gasteiger partial charge in [0.05, 0.1) is 0 Å². The lowest BCUT2D eigenvalue weighted by molar-refractivity contribution is -0.152. The largest absolute Gasteiger partial charge is 0.462 e. The average Bonchev–Trinajstić information content (AvgIpc) is 1.97. The van der Waals surface area contributed by atoms with Crippen LogP contribution in [0.25, 0.3) is 0 Å². The highest BCUT2D eigenvalue weighted by Crippen LogP contribution is 2.30. The Balaban J connectivity index is 2.63. The number of ether oxygens (including phenoxy) is 1. The Bertz CT molecular complexity index is 230. The molecule has 1 N–H and O–H groups in total. The Kier molecular flexibility index (Phi) is 3.44. The summed E-state index contributed by atoms with van der Waals surface area (Å²) in [6.07, 6.45) is 2.30. The second-order valence-electron chi connectivity index (χ2n) is 5.77. The zero-order valence-corrected chi connectivity index (χ0v) is 10.5. The van der Waals surface area contributed by atoms with E-state index in [9.17, 15) is 4.79 Å². The van der Waals surface area contributed by atoms with Crippen molar-refractivity contribution < 1.29 is 9.53 Å². The van der Waals surface area contributed by atoms with Gasteiger partial charge in [-0.25, -0.2) is 0 Å². The van der Waals surface area contributed by atoms with E-state index in [4.69, 9.17) is 4.74 Å². The summed E-state index contributed by atoms with van der Waals surface area (Å²) < 4.78 is 5.43. The number of nitrogens with one attached hydrogen (secondary N) is 1. The van der Waals surface area contributed by atoms with Gasteiger partial charge >= 0.3 is 5.97 Å². The van der Waals surface area contributed by atoms with Gasteiger partial charge in [-0.15, -0.1) is 0 Å². The molecule has 0 aromatic carbocycles. The van der Waals surface area contributed by atoms with Crippen LogP contribution in [0.5, 0.6) is 0 Å². The lowest BCUT2D eigenvalue weighted by Crippen LogP contribution is -2.59. The molecule has 1 rings (SSSR count). The lowest BCUT2D eigenvalue weighted by atomic mass is 9.81. The van der Waals surface area contributed by atoms with Crippen LogP contribution < -0.4 is 5.32 Å². The van der Waals surface area contributed by atoms with E-state index in [1.165, 1.54) is 0 Å². The fraction of sp³-hybridized carbons (Fsp3) is 0.917. The molecule has 0 unspecified atom stereocenters. The number of hydrogen-bond donors (Lipinski definition) is 1. The van der Waals surface area contributed by atoms with Crippen LogP contribution in [0.15, 0.2) is 0 Å². The number of rotatable bonds is 2. The van der Waals surface area contributed by atoms with Crippen molar-refractivity contribution in [2.24, 2.45) is 0 Å². The summed E-state index contributed by atoms with van der Waals surface area (Å²) in [6, 6.07) is 0. The van der Waals surface area contributed by atoms with E-state index in [-0.39, 0.29) is 23.2 Å². The molecule has 15 heavy (non-hydrogen) atoms. The van der Waals surface area contributed by atoms with Crippen LogP contribution in [0.2, 0.25) is 0 Å². The predicted octanol–water partition coefficient (Wildman–Crippen LogP) is 2.25. The third-order valence-electron chi connectivity index (χ3n) is 2.74. The summed E-state index contributed by atoms with van der Waals surface area (Å²) in [6.45, 7) is 10.4. The monoisotopic (exact) mass is 213 g/mol. The Morgan fingerprint density at radius 3 is 2.13 bits per heavy atom. The van der Waals surface area contributed by atoms with Gasteiger partial charge in [-0.1, -0.05) is 6.92 Å². The van der Waals surface area contributed by atoms with Gasteiger partial charge in [0.15, 0.2) is 0 Å². The molecule has 1 aliphatic rings. The first kappa shape index (κ1) is 12.5. The normalized spacial score (nSPS) is 24.9. The zero-order valence-electron chi connectivity index (χ0n) is 10.5. The van der Waals surface area contributed by atoms with Crippen molar-refractivity contribution in [3.05, 3.63) is 0 Å². The summed E-state index contributed by atoms with van der Waals surface area (Å²) in [4.78, 5) is 11.3. The third kappa shape index (κ3) is 3.82. The fourth-order valence-electron chi connectivity index (χ4n) is 2.58. The quantitative estimate of drug-likeness (QED) is 0.715. The molecule has 88 valence electrons. The van der Waals surface area contributed by atoms with Crippen molar-refractivity contribution in [2.45, 2.75) is 71.1 Å². The van der Waals surface area contributed by atoms with Crippen molar-refractivity contribution in [3.63, 3.8) is 0 Å². The van der Waals surface area contributed by atoms with Crippen molar-refractivity contribution in [1.29, 1.82) is 0 Å². The van der Waals surface area contributed by atoms with Crippen LogP contribution >= 0.6 is 0 Å². The molecule has 0 aromatic heterocycles. The van der Waals surface area contributed by atoms with E-state index in [2.05, 4.69) is 33.0 Å². The Morgan fingerprint density at radius 2 is 1.73 bits per heavy atom. The van der Waals surface area contributed by atoms with E-state index in [1.807, 2.05) is 6.92 Å². The maximum Gasteiger partial charge on any atom is 0.305 e. The third-order valence-corrected chi connectivity index (χ3v) is 2.74. The molecule has 0 atom stereocenters. The van der Waals surface area contributed by atoms with Gasteiger partial charge in [-0.3, -0.25) is 4.79 Å². The lowest BCUT2D eigenvalue weighted by Gasteiger charge is -2.45. The Labute approximate surface area is 92.6 Å². The fourth-order valence-corrected chi connectivity index (χ4v) is 2.58. The van der Waals surface area contributed by atoms with E-state index in [0.29, 0.717) is 6.42 Å². The second-order valence-corrected chi connectivity index (χ2v) is 5.77. The minimum absolute atomic E-state index is 0.0421. The van der Waals surface area contributed by atoms with E-state index in [0.717, 1.165) is 12.8 Å². The van der Waals surface area contributed by atoms with Gasteiger partial charge in [0.2, 0.25) is 0 Å². The van der Waals surface area contributed by atoms with E-state index >= 15 is 0 Å². The Morgan fingerprint density at radius 1 is 1.27 bits per heavy atom. The minimum atomic E-state index is -0.0894. The van der Waals surface area contributed by atoms with Crippen LogP contribution in [0.3, 0.4) is 0 Å². The first-order chi connectivity index (χ1) is 6.74. The van der Waals surface area contributed by atoms with Gasteiger partial charge in [0.1, 0.15) is 6.10 Å². The molecule has 1 saturated heterocycles. The summed E-state index contributed by atoms with van der Waals surface area (Å²) in [7, 11) is 0. The van der Waals surface area contributed by atoms with Crippen LogP contribution in [0, 0.1) is 0 Å². The van der Waals surface area contributed by atoms with Gasteiger partial charge in [0.25, 0.3) is 0 Å². The zero-order chi connectivity index (χ0) is 11.7. The molecule has 0 saturated carbocycles. The molecule has 3 heteroatoms. The van der Waals surface area contributed by atoms with Crippen LogP contribution in [0.1, 0.15) is 53.9 Å². The summed E-state index contributed by atoms with van der Waals surface area (Å²) >= 11 is 0. The molecule has 0 aliphatic carbocycles. The maximum atomic E-state index is 11.3. The topological polar surface area (TPSA) is 38.3 Å². The van der Waals surface area contributed by atoms with E-state index < -0.39 is 0 Å². The van der Waals surface area contributed by atoms with Crippen molar-refractivity contribution in [3.8, 4) is 0 Å². The van der Waals surface area contributed by atoms with Crippen molar-refractivity contribution in [1.82, 2.24) is 5.32 Å². The maximum absolute atomic E-state index is 11.3.